The van der Waals surface area contributed by atoms with E-state index in [0.717, 1.165) is 11.1 Å². The first-order valence-electron chi connectivity index (χ1n) is 7.38. The van der Waals surface area contributed by atoms with Gasteiger partial charge in [0.15, 0.2) is 12.4 Å². The van der Waals surface area contributed by atoms with Crippen LogP contribution in [0.1, 0.15) is 27.9 Å². The molecule has 0 aliphatic heterocycles. The molecule has 0 radical (unpaired) electrons. The maximum absolute atomic E-state index is 13.7. The first-order valence-corrected chi connectivity index (χ1v) is 7.38. The van der Waals surface area contributed by atoms with Crippen molar-refractivity contribution < 1.29 is 18.7 Å². The molecule has 1 N–H and O–H groups in total. The third-order valence-corrected chi connectivity index (χ3v) is 3.79. The van der Waals surface area contributed by atoms with Gasteiger partial charge in [-0.3, -0.25) is 9.59 Å². The summed E-state index contributed by atoms with van der Waals surface area (Å²) < 4.78 is 19.2. The molecule has 0 saturated carbocycles. The van der Waals surface area contributed by atoms with Crippen LogP contribution >= 0.6 is 0 Å². The van der Waals surface area contributed by atoms with Crippen molar-refractivity contribution in [1.29, 1.82) is 0 Å². The molecular formula is C18H16FNO3. The number of rotatable bonds is 4. The van der Waals surface area contributed by atoms with E-state index < -0.39 is 11.7 Å². The van der Waals surface area contributed by atoms with E-state index in [1.165, 1.54) is 12.1 Å². The number of nitrogens with one attached hydrogen (secondary N) is 1. The lowest BCUT2D eigenvalue weighted by Gasteiger charge is -2.11. The zero-order chi connectivity index (χ0) is 16.4. The molecule has 1 aliphatic carbocycles. The van der Waals surface area contributed by atoms with Crippen LogP contribution < -0.4 is 10.1 Å². The molecule has 0 aromatic heterocycles. The minimum atomic E-state index is -0.482. The second kappa shape index (κ2) is 6.20. The Kier molecular flexibility index (Phi) is 4.10. The lowest BCUT2D eigenvalue weighted by molar-refractivity contribution is -0.118. The van der Waals surface area contributed by atoms with Gasteiger partial charge in [0, 0.05) is 17.5 Å². The van der Waals surface area contributed by atoms with Crippen LogP contribution in [-0.4, -0.2) is 18.3 Å². The maximum atomic E-state index is 13.7. The zero-order valence-corrected chi connectivity index (χ0v) is 12.7. The number of carbonyl (C=O) groups is 2. The second-order valence-corrected chi connectivity index (χ2v) is 5.53. The standard InChI is InChI=1S/C18H16FNO3/c1-11-5-7-15(14(19)9-11)20-18(22)10-23-17-4-2-3-12-13(17)6-8-16(12)21/h2-5,7,9H,6,8,10H2,1H3,(H,20,22). The highest BCUT2D eigenvalue weighted by Gasteiger charge is 2.22. The van der Waals surface area contributed by atoms with E-state index in [1.807, 2.05) is 0 Å². The Morgan fingerprint density at radius 1 is 1.26 bits per heavy atom. The molecule has 3 rings (SSSR count). The van der Waals surface area contributed by atoms with Crippen LogP contribution in [0.25, 0.3) is 0 Å². The summed E-state index contributed by atoms with van der Waals surface area (Å²) in [4.78, 5) is 23.6. The van der Waals surface area contributed by atoms with Crippen molar-refractivity contribution in [3.8, 4) is 5.75 Å². The molecule has 0 unspecified atom stereocenters. The zero-order valence-electron chi connectivity index (χ0n) is 12.7. The normalized spacial score (nSPS) is 12.9. The van der Waals surface area contributed by atoms with Crippen LogP contribution in [0.2, 0.25) is 0 Å². The summed E-state index contributed by atoms with van der Waals surface area (Å²) in [6, 6.07) is 9.81. The van der Waals surface area contributed by atoms with Crippen LogP contribution in [0.4, 0.5) is 10.1 Å². The van der Waals surface area contributed by atoms with Crippen molar-refractivity contribution in [3.05, 3.63) is 58.9 Å². The van der Waals surface area contributed by atoms with Gasteiger partial charge in [-0.15, -0.1) is 0 Å². The SMILES string of the molecule is Cc1ccc(NC(=O)COc2cccc3c2CCC3=O)c(F)c1. The molecule has 0 bridgehead atoms. The minimum absolute atomic E-state index is 0.0941. The highest BCUT2D eigenvalue weighted by molar-refractivity contribution is 6.01. The van der Waals surface area contributed by atoms with Crippen LogP contribution in [-0.2, 0) is 11.2 Å². The van der Waals surface area contributed by atoms with Crippen LogP contribution in [0.5, 0.6) is 5.75 Å². The average Bonchev–Trinajstić information content (AvgIpc) is 2.90. The van der Waals surface area contributed by atoms with E-state index in [4.69, 9.17) is 4.74 Å². The molecule has 5 heteroatoms. The van der Waals surface area contributed by atoms with Crippen LogP contribution in [0, 0.1) is 12.7 Å². The molecule has 2 aromatic carbocycles. The lowest BCUT2D eigenvalue weighted by atomic mass is 10.1. The topological polar surface area (TPSA) is 55.4 Å². The van der Waals surface area contributed by atoms with Gasteiger partial charge in [-0.25, -0.2) is 4.39 Å². The number of amides is 1. The van der Waals surface area contributed by atoms with E-state index >= 15 is 0 Å². The molecule has 118 valence electrons. The third kappa shape index (κ3) is 3.23. The molecule has 0 heterocycles. The Morgan fingerprint density at radius 3 is 2.87 bits per heavy atom. The second-order valence-electron chi connectivity index (χ2n) is 5.53. The summed E-state index contributed by atoms with van der Waals surface area (Å²) in [6.07, 6.45) is 1.09. The van der Waals surface area contributed by atoms with Crippen molar-refractivity contribution in [2.24, 2.45) is 0 Å². The Morgan fingerprint density at radius 2 is 2.09 bits per heavy atom. The minimum Gasteiger partial charge on any atom is -0.483 e. The van der Waals surface area contributed by atoms with Gasteiger partial charge in [-0.2, -0.15) is 0 Å². The molecule has 2 aromatic rings. The van der Waals surface area contributed by atoms with Gasteiger partial charge < -0.3 is 10.1 Å². The number of halogens is 1. The predicted octanol–water partition coefficient (Wildman–Crippen LogP) is 3.28. The average molecular weight is 313 g/mol. The van der Waals surface area contributed by atoms with Crippen molar-refractivity contribution in [2.75, 3.05) is 11.9 Å². The van der Waals surface area contributed by atoms with Gasteiger partial charge in [0.1, 0.15) is 11.6 Å². The fourth-order valence-electron chi connectivity index (χ4n) is 2.64. The summed E-state index contributed by atoms with van der Waals surface area (Å²) in [5, 5.41) is 2.48. The van der Waals surface area contributed by atoms with Crippen molar-refractivity contribution in [3.63, 3.8) is 0 Å². The predicted molar refractivity (Wildman–Crippen MR) is 84.4 cm³/mol. The van der Waals surface area contributed by atoms with E-state index in [1.54, 1.807) is 31.2 Å². The number of aryl methyl sites for hydroxylation is 1. The van der Waals surface area contributed by atoms with E-state index in [-0.39, 0.29) is 18.1 Å². The number of carbonyl (C=O) groups excluding carboxylic acids is 2. The molecule has 0 atom stereocenters. The third-order valence-electron chi connectivity index (χ3n) is 3.79. The number of Topliss-reactive ketones (excluding diaryl/α,β-unsaturated/α-hetero) is 1. The molecule has 1 aliphatic rings. The quantitative estimate of drug-likeness (QED) is 0.942. The Bertz CT molecular complexity index is 786. The highest BCUT2D eigenvalue weighted by atomic mass is 19.1. The maximum Gasteiger partial charge on any atom is 0.262 e. The van der Waals surface area contributed by atoms with Gasteiger partial charge >= 0.3 is 0 Å². The summed E-state index contributed by atoms with van der Waals surface area (Å²) in [6.45, 7) is 1.53. The number of hydrogen-bond acceptors (Lipinski definition) is 3. The fourth-order valence-corrected chi connectivity index (χ4v) is 2.64. The lowest BCUT2D eigenvalue weighted by Crippen LogP contribution is -2.21. The van der Waals surface area contributed by atoms with E-state index in [0.29, 0.717) is 24.2 Å². The molecule has 23 heavy (non-hydrogen) atoms. The monoisotopic (exact) mass is 313 g/mol. The number of ether oxygens (including phenoxy) is 1. The van der Waals surface area contributed by atoms with Gasteiger partial charge in [0.25, 0.3) is 5.91 Å². The van der Waals surface area contributed by atoms with Crippen molar-refractivity contribution >= 4 is 17.4 Å². The molecule has 0 fully saturated rings. The summed E-state index contributed by atoms with van der Waals surface area (Å²) in [5.74, 6) is -0.302. The molecule has 4 nitrogen and oxygen atoms in total. The van der Waals surface area contributed by atoms with Crippen LogP contribution in [0.15, 0.2) is 36.4 Å². The fraction of sp³-hybridized carbons (Fsp3) is 0.222. The van der Waals surface area contributed by atoms with E-state index in [2.05, 4.69) is 5.32 Å². The Hall–Kier alpha value is -2.69. The summed E-state index contributed by atoms with van der Waals surface area (Å²) in [7, 11) is 0. The smallest absolute Gasteiger partial charge is 0.262 e. The van der Waals surface area contributed by atoms with Gasteiger partial charge in [-0.05, 0) is 37.1 Å². The Balaban J connectivity index is 1.65. The number of hydrogen-bond donors (Lipinski definition) is 1. The first kappa shape index (κ1) is 15.2. The summed E-state index contributed by atoms with van der Waals surface area (Å²) >= 11 is 0. The highest BCUT2D eigenvalue weighted by Crippen LogP contribution is 2.30. The van der Waals surface area contributed by atoms with Crippen molar-refractivity contribution in [2.45, 2.75) is 19.8 Å². The Labute approximate surface area is 133 Å². The molecule has 0 spiro atoms. The van der Waals surface area contributed by atoms with E-state index in [9.17, 15) is 14.0 Å². The van der Waals surface area contributed by atoms with Crippen molar-refractivity contribution in [1.82, 2.24) is 0 Å². The van der Waals surface area contributed by atoms with Crippen LogP contribution in [0.3, 0.4) is 0 Å². The number of benzene rings is 2. The first-order chi connectivity index (χ1) is 11.0. The number of fused-ring (bicyclic) bond motifs is 1. The van der Waals surface area contributed by atoms with Gasteiger partial charge in [-0.1, -0.05) is 18.2 Å². The summed E-state index contributed by atoms with van der Waals surface area (Å²) in [5.41, 5.74) is 2.40. The van der Waals surface area contributed by atoms with Gasteiger partial charge in [0.05, 0.1) is 5.69 Å². The number of ketones is 1. The molecular weight excluding hydrogens is 297 g/mol. The largest absolute Gasteiger partial charge is 0.483 e. The molecule has 1 amide bonds. The van der Waals surface area contributed by atoms with Gasteiger partial charge in [0.2, 0.25) is 0 Å². The number of anilines is 1. The molecule has 0 saturated heterocycles.